The van der Waals surface area contributed by atoms with E-state index in [0.717, 1.165) is 0 Å². The molecule has 0 amide bonds. The van der Waals surface area contributed by atoms with Crippen LogP contribution >= 0.6 is 23.2 Å². The van der Waals surface area contributed by atoms with Crippen LogP contribution in [-0.4, -0.2) is 26.4 Å². The predicted molar refractivity (Wildman–Crippen MR) is 91.8 cm³/mol. The van der Waals surface area contributed by atoms with Gasteiger partial charge < -0.3 is 14.6 Å². The van der Waals surface area contributed by atoms with Crippen LogP contribution in [-0.2, 0) is 9.84 Å². The van der Waals surface area contributed by atoms with Crippen LogP contribution in [0.25, 0.3) is 0 Å². The summed E-state index contributed by atoms with van der Waals surface area (Å²) in [5.74, 6) is -0.863. The minimum Gasteiger partial charge on any atom is -0.497 e. The van der Waals surface area contributed by atoms with Gasteiger partial charge in [0.2, 0.25) is 15.6 Å². The minimum absolute atomic E-state index is 0.0532. The standard InChI is InChI=1S/C16H16Cl2O5S/c1-16(2,19)23-12-8-9-13(15(18)14(12)17)24(20,21)11-6-4-10(22-3)5-7-11/h4-9,19H,1-3H3. The number of ether oxygens (including phenoxy) is 2. The number of aliphatic hydroxyl groups is 1. The second kappa shape index (κ2) is 6.80. The van der Waals surface area contributed by atoms with Gasteiger partial charge in [-0.05, 0) is 36.4 Å². The second-order valence-corrected chi connectivity index (χ2v) is 8.09. The van der Waals surface area contributed by atoms with E-state index in [-0.39, 0.29) is 25.6 Å². The van der Waals surface area contributed by atoms with E-state index in [0.29, 0.717) is 5.75 Å². The van der Waals surface area contributed by atoms with Crippen molar-refractivity contribution < 1.29 is 23.0 Å². The van der Waals surface area contributed by atoms with E-state index in [2.05, 4.69) is 0 Å². The molecule has 0 radical (unpaired) electrons. The molecule has 0 aliphatic heterocycles. The SMILES string of the molecule is COc1ccc(S(=O)(=O)c2ccc(OC(C)(C)O)c(Cl)c2Cl)cc1. The third kappa shape index (κ3) is 3.95. The Morgan fingerprint density at radius 2 is 1.58 bits per heavy atom. The van der Waals surface area contributed by atoms with Gasteiger partial charge in [-0.15, -0.1) is 0 Å². The number of methoxy groups -OCH3 is 1. The van der Waals surface area contributed by atoms with Gasteiger partial charge in [-0.1, -0.05) is 23.2 Å². The zero-order valence-electron chi connectivity index (χ0n) is 13.2. The van der Waals surface area contributed by atoms with Crippen LogP contribution in [0, 0.1) is 0 Å². The van der Waals surface area contributed by atoms with Crippen molar-refractivity contribution in [2.45, 2.75) is 29.4 Å². The van der Waals surface area contributed by atoms with Gasteiger partial charge in [0.15, 0.2) is 0 Å². The topological polar surface area (TPSA) is 72.8 Å². The van der Waals surface area contributed by atoms with Gasteiger partial charge in [-0.2, -0.15) is 0 Å². The highest BCUT2D eigenvalue weighted by Gasteiger charge is 2.26. The summed E-state index contributed by atoms with van der Waals surface area (Å²) in [7, 11) is -2.38. The summed E-state index contributed by atoms with van der Waals surface area (Å²) in [5.41, 5.74) is 0. The van der Waals surface area contributed by atoms with Crippen molar-refractivity contribution in [1.29, 1.82) is 0 Å². The molecule has 0 spiro atoms. The number of hydrogen-bond acceptors (Lipinski definition) is 5. The van der Waals surface area contributed by atoms with E-state index in [1.54, 1.807) is 0 Å². The molecule has 0 unspecified atom stereocenters. The Bertz CT molecular complexity index is 840. The third-order valence-electron chi connectivity index (χ3n) is 3.03. The third-order valence-corrected chi connectivity index (χ3v) is 5.82. The van der Waals surface area contributed by atoms with Gasteiger partial charge in [0, 0.05) is 13.8 Å². The molecule has 0 aromatic heterocycles. The molecule has 0 aliphatic carbocycles. The fraction of sp³-hybridized carbons (Fsp3) is 0.250. The monoisotopic (exact) mass is 390 g/mol. The Balaban J connectivity index is 2.49. The minimum atomic E-state index is -3.87. The molecule has 0 fully saturated rings. The molecule has 8 heteroatoms. The lowest BCUT2D eigenvalue weighted by Gasteiger charge is -2.21. The van der Waals surface area contributed by atoms with E-state index in [1.807, 2.05) is 0 Å². The first kappa shape index (κ1) is 18.9. The zero-order chi connectivity index (χ0) is 18.1. The molecular weight excluding hydrogens is 375 g/mol. The molecule has 0 bridgehead atoms. The Labute approximate surface area is 150 Å². The van der Waals surface area contributed by atoms with Crippen molar-refractivity contribution in [3.8, 4) is 11.5 Å². The molecule has 0 heterocycles. The average molecular weight is 391 g/mol. The summed E-state index contributed by atoms with van der Waals surface area (Å²) in [6.07, 6.45) is 0. The Hall–Kier alpha value is -1.47. The molecule has 5 nitrogen and oxygen atoms in total. The number of sulfone groups is 1. The predicted octanol–water partition coefficient (Wildman–Crippen LogP) is 3.94. The molecule has 2 aromatic rings. The number of hydrogen-bond donors (Lipinski definition) is 1. The maximum Gasteiger partial charge on any atom is 0.208 e. The van der Waals surface area contributed by atoms with E-state index in [1.165, 1.54) is 57.4 Å². The zero-order valence-corrected chi connectivity index (χ0v) is 15.5. The van der Waals surface area contributed by atoms with Gasteiger partial charge in [0.1, 0.15) is 16.5 Å². The van der Waals surface area contributed by atoms with Crippen molar-refractivity contribution in [1.82, 2.24) is 0 Å². The van der Waals surface area contributed by atoms with Gasteiger partial charge in [-0.3, -0.25) is 0 Å². The summed E-state index contributed by atoms with van der Waals surface area (Å²) in [6.45, 7) is 2.83. The molecule has 2 rings (SSSR count). The molecular formula is C16H16Cl2O5S. The lowest BCUT2D eigenvalue weighted by atomic mass is 10.3. The second-order valence-electron chi connectivity index (χ2n) is 5.42. The van der Waals surface area contributed by atoms with Gasteiger partial charge in [-0.25, -0.2) is 8.42 Å². The van der Waals surface area contributed by atoms with Crippen molar-refractivity contribution >= 4 is 33.0 Å². The highest BCUT2D eigenvalue weighted by molar-refractivity contribution is 7.91. The maximum absolute atomic E-state index is 12.7. The first-order chi connectivity index (χ1) is 11.1. The number of rotatable bonds is 5. The fourth-order valence-corrected chi connectivity index (χ4v) is 4.01. The Morgan fingerprint density at radius 1 is 1.00 bits per heavy atom. The first-order valence-electron chi connectivity index (χ1n) is 6.85. The van der Waals surface area contributed by atoms with Crippen molar-refractivity contribution in [3.63, 3.8) is 0 Å². The van der Waals surface area contributed by atoms with Crippen molar-refractivity contribution in [3.05, 3.63) is 46.4 Å². The van der Waals surface area contributed by atoms with Crippen LogP contribution in [0.5, 0.6) is 11.5 Å². The van der Waals surface area contributed by atoms with Crippen LogP contribution in [0.1, 0.15) is 13.8 Å². The quantitative estimate of drug-likeness (QED) is 0.782. The van der Waals surface area contributed by atoms with Crippen LogP contribution in [0.4, 0.5) is 0 Å². The summed E-state index contributed by atoms with van der Waals surface area (Å²) in [4.78, 5) is -0.0974. The largest absolute Gasteiger partial charge is 0.497 e. The van der Waals surface area contributed by atoms with Crippen LogP contribution < -0.4 is 9.47 Å². The lowest BCUT2D eigenvalue weighted by Crippen LogP contribution is -2.27. The molecule has 0 saturated carbocycles. The number of benzene rings is 2. The van der Waals surface area contributed by atoms with Gasteiger partial charge in [0.25, 0.3) is 0 Å². The molecule has 24 heavy (non-hydrogen) atoms. The number of halogens is 2. The average Bonchev–Trinajstić information content (AvgIpc) is 2.50. The van der Waals surface area contributed by atoms with Crippen LogP contribution in [0.15, 0.2) is 46.2 Å². The maximum atomic E-state index is 12.7. The van der Waals surface area contributed by atoms with Crippen molar-refractivity contribution in [2.75, 3.05) is 7.11 Å². The van der Waals surface area contributed by atoms with Crippen LogP contribution in [0.3, 0.4) is 0 Å². The summed E-state index contributed by atoms with van der Waals surface area (Å²) in [5, 5.41) is 9.43. The Morgan fingerprint density at radius 3 is 2.08 bits per heavy atom. The molecule has 0 atom stereocenters. The van der Waals surface area contributed by atoms with Crippen LogP contribution in [0.2, 0.25) is 10.0 Å². The first-order valence-corrected chi connectivity index (χ1v) is 9.08. The van der Waals surface area contributed by atoms with Gasteiger partial charge in [0.05, 0.1) is 21.9 Å². The smallest absolute Gasteiger partial charge is 0.208 e. The normalized spacial score (nSPS) is 12.1. The van der Waals surface area contributed by atoms with Gasteiger partial charge >= 0.3 is 0 Å². The molecule has 1 N–H and O–H groups in total. The Kier molecular flexibility index (Phi) is 5.34. The molecule has 0 saturated heterocycles. The fourth-order valence-electron chi connectivity index (χ4n) is 1.95. The summed E-state index contributed by atoms with van der Waals surface area (Å²) >= 11 is 12.2. The van der Waals surface area contributed by atoms with Crippen molar-refractivity contribution in [2.24, 2.45) is 0 Å². The van der Waals surface area contributed by atoms with E-state index in [4.69, 9.17) is 32.7 Å². The molecule has 130 valence electrons. The highest BCUT2D eigenvalue weighted by Crippen LogP contribution is 2.39. The van der Waals surface area contributed by atoms with E-state index < -0.39 is 15.6 Å². The lowest BCUT2D eigenvalue weighted by molar-refractivity contribution is -0.104. The molecule has 2 aromatic carbocycles. The highest BCUT2D eigenvalue weighted by atomic mass is 35.5. The summed E-state index contributed by atoms with van der Waals surface area (Å²) in [6, 6.07) is 8.54. The van der Waals surface area contributed by atoms with E-state index in [9.17, 15) is 13.5 Å². The van der Waals surface area contributed by atoms with E-state index >= 15 is 0 Å². The summed E-state index contributed by atoms with van der Waals surface area (Å²) < 4.78 is 35.7. The molecule has 0 aliphatic rings.